The number of hydrogen-bond donors (Lipinski definition) is 0. The molecule has 0 saturated carbocycles. The molecule has 0 unspecified atom stereocenters. The molecular weight excluding hydrogens is 979 g/mol. The smallest absolute Gasteiger partial charge is 0.145 e. The largest absolute Gasteiger partial charge is 0.455 e. The van der Waals surface area contributed by atoms with Crippen LogP contribution < -0.4 is 0 Å². The first kappa shape index (κ1) is 47.7. The summed E-state index contributed by atoms with van der Waals surface area (Å²) in [6.45, 7) is 0. The van der Waals surface area contributed by atoms with E-state index < -0.39 is 0 Å². The van der Waals surface area contributed by atoms with Crippen molar-refractivity contribution in [1.82, 2.24) is 4.57 Å². The molecule has 0 fully saturated rings. The van der Waals surface area contributed by atoms with Crippen LogP contribution >= 0.6 is 0 Å². The lowest BCUT2D eigenvalue weighted by Crippen LogP contribution is -1.95. The summed E-state index contributed by atoms with van der Waals surface area (Å²) in [5.74, 6) is 0. The standard InChI is InChI=1S/C79H53NO/c1-80-77-71(68-39-20-18-37-66(68)64-35-16-14-33-62(64)60-47-56(52-25-6-2-7-26-52)45-57(48-60)53-27-8-3-9-28-53)42-24-43-72(77)76-78(80)73(51-74-70-41-22-23-44-75(70)81-79(74)76)69-40-21-19-38-67(69)65-36-17-15-34-63(65)61-49-58(54-29-10-4-11-30-54)46-59(50-61)55-31-12-5-13-32-55/h2-51H,1H3. The molecule has 13 aromatic carbocycles. The third-order valence-corrected chi connectivity index (χ3v) is 16.4. The summed E-state index contributed by atoms with van der Waals surface area (Å²) in [5.41, 5.74) is 27.5. The van der Waals surface area contributed by atoms with Gasteiger partial charge in [0.15, 0.2) is 0 Å². The maximum absolute atomic E-state index is 7.04. The Labute approximate surface area is 471 Å². The first-order valence-electron chi connectivity index (χ1n) is 27.9. The average Bonchev–Trinajstić information content (AvgIpc) is 4.27. The highest BCUT2D eigenvalue weighted by Crippen LogP contribution is 2.50. The zero-order chi connectivity index (χ0) is 53.8. The molecule has 81 heavy (non-hydrogen) atoms. The summed E-state index contributed by atoms with van der Waals surface area (Å²) in [7, 11) is 2.25. The molecule has 0 aliphatic heterocycles. The van der Waals surface area contributed by atoms with Gasteiger partial charge in [-0.25, -0.2) is 0 Å². The normalized spacial score (nSPS) is 11.5. The van der Waals surface area contributed by atoms with Gasteiger partial charge in [-0.05, 0) is 149 Å². The second-order valence-electron chi connectivity index (χ2n) is 21.1. The lowest BCUT2D eigenvalue weighted by molar-refractivity contribution is 0.673. The number of rotatable bonds is 10. The fraction of sp³-hybridized carbons (Fsp3) is 0.0127. The van der Waals surface area contributed by atoms with Crippen molar-refractivity contribution in [2.45, 2.75) is 0 Å². The molecule has 15 aromatic rings. The average molecular weight is 1030 g/mol. The van der Waals surface area contributed by atoms with Gasteiger partial charge in [0.25, 0.3) is 0 Å². The van der Waals surface area contributed by atoms with E-state index >= 15 is 0 Å². The number of nitrogens with zero attached hydrogens (tertiary/aromatic N) is 1. The molecule has 2 heteroatoms. The molecule has 0 saturated heterocycles. The van der Waals surface area contributed by atoms with E-state index in [-0.39, 0.29) is 0 Å². The van der Waals surface area contributed by atoms with Crippen LogP contribution in [-0.2, 0) is 7.05 Å². The van der Waals surface area contributed by atoms with Crippen molar-refractivity contribution < 1.29 is 4.42 Å². The quantitative estimate of drug-likeness (QED) is 0.133. The lowest BCUT2D eigenvalue weighted by Gasteiger charge is -2.18. The molecule has 15 rings (SSSR count). The molecule has 0 aliphatic carbocycles. The molecule has 0 N–H and O–H groups in total. The second kappa shape index (κ2) is 20.0. The van der Waals surface area contributed by atoms with Crippen LogP contribution in [0.25, 0.3) is 155 Å². The minimum atomic E-state index is 0.874. The molecule has 2 heterocycles. The molecule has 2 nitrogen and oxygen atoms in total. The van der Waals surface area contributed by atoms with Crippen molar-refractivity contribution in [2.24, 2.45) is 7.05 Å². The predicted octanol–water partition coefficient (Wildman–Crippen LogP) is 21.9. The van der Waals surface area contributed by atoms with Crippen LogP contribution in [0.5, 0.6) is 0 Å². The summed E-state index contributed by atoms with van der Waals surface area (Å²) in [5, 5.41) is 4.44. The topological polar surface area (TPSA) is 18.1 Å². The second-order valence-corrected chi connectivity index (χ2v) is 21.1. The Morgan fingerprint density at radius 3 is 0.988 bits per heavy atom. The van der Waals surface area contributed by atoms with E-state index in [1.54, 1.807) is 0 Å². The Morgan fingerprint density at radius 2 is 0.543 bits per heavy atom. The van der Waals surface area contributed by atoms with E-state index in [1.165, 1.54) is 77.9 Å². The Balaban J connectivity index is 0.945. The van der Waals surface area contributed by atoms with Gasteiger partial charge in [0.2, 0.25) is 0 Å². The number of fused-ring (bicyclic) bond motifs is 7. The van der Waals surface area contributed by atoms with E-state index in [4.69, 9.17) is 4.42 Å². The van der Waals surface area contributed by atoms with Gasteiger partial charge >= 0.3 is 0 Å². The van der Waals surface area contributed by atoms with Crippen LogP contribution in [0.4, 0.5) is 0 Å². The summed E-state index contributed by atoms with van der Waals surface area (Å²) in [6, 6.07) is 111. The summed E-state index contributed by atoms with van der Waals surface area (Å²) in [4.78, 5) is 0. The molecule has 0 spiro atoms. The fourth-order valence-electron chi connectivity index (χ4n) is 12.7. The highest BCUT2D eigenvalue weighted by molar-refractivity contribution is 6.28. The molecule has 0 atom stereocenters. The highest BCUT2D eigenvalue weighted by atomic mass is 16.3. The zero-order valence-corrected chi connectivity index (χ0v) is 44.7. The first-order valence-corrected chi connectivity index (χ1v) is 27.9. The Bertz CT molecular complexity index is 4740. The third-order valence-electron chi connectivity index (χ3n) is 16.4. The summed E-state index contributed by atoms with van der Waals surface area (Å²) < 4.78 is 9.48. The Morgan fingerprint density at radius 1 is 0.222 bits per heavy atom. The predicted molar refractivity (Wildman–Crippen MR) is 342 cm³/mol. The Kier molecular flexibility index (Phi) is 11.8. The minimum Gasteiger partial charge on any atom is -0.455 e. The van der Waals surface area contributed by atoms with Gasteiger partial charge in [0.05, 0.1) is 16.4 Å². The summed E-state index contributed by atoms with van der Waals surface area (Å²) >= 11 is 0. The summed E-state index contributed by atoms with van der Waals surface area (Å²) in [6.07, 6.45) is 0. The van der Waals surface area contributed by atoms with Crippen LogP contribution in [0.15, 0.2) is 308 Å². The minimum absolute atomic E-state index is 0.874. The van der Waals surface area contributed by atoms with Gasteiger partial charge in [-0.3, -0.25) is 0 Å². The lowest BCUT2D eigenvalue weighted by atomic mass is 9.86. The van der Waals surface area contributed by atoms with Crippen LogP contribution in [0, 0.1) is 0 Å². The van der Waals surface area contributed by atoms with Crippen molar-refractivity contribution in [1.29, 1.82) is 0 Å². The van der Waals surface area contributed by atoms with E-state index in [1.807, 2.05) is 0 Å². The molecule has 0 radical (unpaired) electrons. The number of para-hydroxylation sites is 2. The maximum atomic E-state index is 7.04. The molecular formula is C79H53NO. The number of furan rings is 1. The van der Waals surface area contributed by atoms with E-state index in [0.29, 0.717) is 0 Å². The van der Waals surface area contributed by atoms with Gasteiger partial charge < -0.3 is 8.98 Å². The fourth-order valence-corrected chi connectivity index (χ4v) is 12.7. The monoisotopic (exact) mass is 1030 g/mol. The number of hydrogen-bond acceptors (Lipinski definition) is 1. The molecule has 2 aromatic heterocycles. The Hall–Kier alpha value is -10.5. The molecule has 0 bridgehead atoms. The van der Waals surface area contributed by atoms with Crippen LogP contribution in [0.2, 0.25) is 0 Å². The van der Waals surface area contributed by atoms with Gasteiger partial charge in [-0.2, -0.15) is 0 Å². The van der Waals surface area contributed by atoms with E-state index in [9.17, 15) is 0 Å². The van der Waals surface area contributed by atoms with E-state index in [2.05, 4.69) is 315 Å². The van der Waals surface area contributed by atoms with Crippen molar-refractivity contribution >= 4 is 43.7 Å². The van der Waals surface area contributed by atoms with Gasteiger partial charge in [-0.1, -0.05) is 255 Å². The van der Waals surface area contributed by atoms with Crippen LogP contribution in [0.3, 0.4) is 0 Å². The highest BCUT2D eigenvalue weighted by Gasteiger charge is 2.26. The number of aromatic nitrogens is 1. The molecule has 0 aliphatic rings. The van der Waals surface area contributed by atoms with Crippen molar-refractivity contribution in [3.8, 4) is 111 Å². The third kappa shape index (κ3) is 8.36. The molecule has 380 valence electrons. The first-order chi connectivity index (χ1) is 40.1. The van der Waals surface area contributed by atoms with Crippen molar-refractivity contribution in [2.75, 3.05) is 0 Å². The van der Waals surface area contributed by atoms with Crippen LogP contribution in [0.1, 0.15) is 0 Å². The number of benzene rings is 13. The van der Waals surface area contributed by atoms with Crippen molar-refractivity contribution in [3.63, 3.8) is 0 Å². The van der Waals surface area contributed by atoms with Crippen molar-refractivity contribution in [3.05, 3.63) is 303 Å². The van der Waals surface area contributed by atoms with E-state index in [0.717, 1.165) is 77.1 Å². The van der Waals surface area contributed by atoms with Gasteiger partial charge in [-0.15, -0.1) is 0 Å². The maximum Gasteiger partial charge on any atom is 0.145 e. The van der Waals surface area contributed by atoms with Gasteiger partial charge in [0.1, 0.15) is 11.2 Å². The number of aryl methyl sites for hydroxylation is 1. The molecule has 0 amide bonds. The van der Waals surface area contributed by atoms with Gasteiger partial charge in [0, 0.05) is 34.3 Å². The SMILES string of the molecule is Cn1c2c(-c3ccccc3-c3ccccc3-c3cc(-c4ccccc4)cc(-c4ccccc4)c3)cccc2c2c3oc4ccccc4c3cc(-c3ccccc3-c3ccccc3-c3cc(-c4ccccc4)cc(-c4ccccc4)c3)c21. The zero-order valence-electron chi connectivity index (χ0n) is 44.7. The van der Waals surface area contributed by atoms with Crippen LogP contribution in [-0.4, -0.2) is 4.57 Å².